The summed E-state index contributed by atoms with van der Waals surface area (Å²) in [6.45, 7) is 4.20. The summed E-state index contributed by atoms with van der Waals surface area (Å²) in [7, 11) is -3.14. The zero-order valence-electron chi connectivity index (χ0n) is 11.0. The van der Waals surface area contributed by atoms with Crippen molar-refractivity contribution in [3.05, 3.63) is 11.8 Å². The molecule has 0 radical (unpaired) electrons. The van der Waals surface area contributed by atoms with Crippen LogP contribution in [0.25, 0.3) is 0 Å². The number of nitrogens with zero attached hydrogens (tertiary/aromatic N) is 3. The molecule has 0 spiro atoms. The van der Waals surface area contributed by atoms with E-state index < -0.39 is 15.2 Å². The first-order chi connectivity index (χ1) is 8.95. The zero-order valence-corrected chi connectivity index (χ0v) is 12.7. The molecule has 2 rings (SSSR count). The minimum absolute atomic E-state index is 0.133. The van der Waals surface area contributed by atoms with Gasteiger partial charge in [-0.2, -0.15) is 16.7 Å². The number of hydrogen-bond donors (Lipinski definition) is 1. The molecule has 6 nitrogen and oxygen atoms in total. The highest BCUT2D eigenvalue weighted by molar-refractivity contribution is 8.01. The Kier molecular flexibility index (Phi) is 4.19. The Morgan fingerprint density at radius 2 is 2.32 bits per heavy atom. The van der Waals surface area contributed by atoms with Crippen LogP contribution in [-0.2, 0) is 9.84 Å². The Labute approximate surface area is 117 Å². The minimum Gasteiger partial charge on any atom is -0.368 e. The van der Waals surface area contributed by atoms with E-state index in [-0.39, 0.29) is 11.7 Å². The van der Waals surface area contributed by atoms with Crippen LogP contribution in [0.1, 0.15) is 12.5 Å². The number of aryl methyl sites for hydroxylation is 1. The van der Waals surface area contributed by atoms with Crippen molar-refractivity contribution in [3.8, 4) is 0 Å². The number of aromatic nitrogens is 2. The summed E-state index contributed by atoms with van der Waals surface area (Å²) in [5, 5.41) is -0.524. The van der Waals surface area contributed by atoms with Crippen LogP contribution < -0.4 is 10.6 Å². The number of nitrogen functional groups attached to an aromatic ring is 1. The maximum Gasteiger partial charge on any atom is 0.221 e. The van der Waals surface area contributed by atoms with E-state index in [4.69, 9.17) is 5.73 Å². The molecule has 1 aliphatic heterocycles. The van der Waals surface area contributed by atoms with Crippen molar-refractivity contribution in [2.75, 3.05) is 34.4 Å². The van der Waals surface area contributed by atoms with Gasteiger partial charge in [0.2, 0.25) is 5.95 Å². The van der Waals surface area contributed by atoms with Gasteiger partial charge in [0.1, 0.15) is 11.2 Å². The van der Waals surface area contributed by atoms with Gasteiger partial charge in [-0.15, -0.1) is 0 Å². The van der Waals surface area contributed by atoms with E-state index >= 15 is 0 Å². The summed E-state index contributed by atoms with van der Waals surface area (Å²) in [6.07, 6.45) is 1.63. The van der Waals surface area contributed by atoms with E-state index in [1.165, 1.54) is 0 Å². The van der Waals surface area contributed by atoms with Crippen molar-refractivity contribution in [2.24, 2.45) is 0 Å². The van der Waals surface area contributed by atoms with Gasteiger partial charge in [0, 0.05) is 35.6 Å². The van der Waals surface area contributed by atoms with Crippen molar-refractivity contribution in [1.82, 2.24) is 9.97 Å². The predicted octanol–water partition coefficient (Wildman–Crippen LogP) is 0.681. The number of hydrogen-bond acceptors (Lipinski definition) is 7. The fraction of sp³-hybridized carbons (Fsp3) is 0.636. The van der Waals surface area contributed by atoms with Gasteiger partial charge in [-0.1, -0.05) is 6.92 Å². The average Bonchev–Trinajstić information content (AvgIpc) is 2.41. The Morgan fingerprint density at radius 1 is 1.58 bits per heavy atom. The zero-order chi connectivity index (χ0) is 14.0. The van der Waals surface area contributed by atoms with Gasteiger partial charge in [0.15, 0.2) is 9.84 Å². The van der Waals surface area contributed by atoms with Crippen molar-refractivity contribution in [3.63, 3.8) is 0 Å². The molecule has 0 amide bonds. The number of rotatable bonds is 3. The van der Waals surface area contributed by atoms with Crippen LogP contribution in [0.15, 0.2) is 6.20 Å². The van der Waals surface area contributed by atoms with E-state index in [0.717, 1.165) is 11.3 Å². The highest BCUT2D eigenvalue weighted by Gasteiger charge is 2.34. The van der Waals surface area contributed by atoms with Crippen molar-refractivity contribution < 1.29 is 8.42 Å². The SMILES string of the molecule is CCS(=O)(=O)C1CSCCN1c1nc(N)ncc1C. The Hall–Kier alpha value is -1.02. The number of thioether (sulfide) groups is 1. The molecule has 19 heavy (non-hydrogen) atoms. The first-order valence-corrected chi connectivity index (χ1v) is 8.97. The lowest BCUT2D eigenvalue weighted by molar-refractivity contribution is 0.578. The molecule has 0 saturated carbocycles. The van der Waals surface area contributed by atoms with Crippen LogP contribution in [0.4, 0.5) is 11.8 Å². The smallest absolute Gasteiger partial charge is 0.221 e. The summed E-state index contributed by atoms with van der Waals surface area (Å²) in [4.78, 5) is 9.99. The monoisotopic (exact) mass is 302 g/mol. The summed E-state index contributed by atoms with van der Waals surface area (Å²) in [6, 6.07) is 0. The molecule has 0 aliphatic carbocycles. The Bertz CT molecular complexity index is 562. The number of sulfone groups is 1. The number of nitrogens with two attached hydrogens (primary N) is 1. The van der Waals surface area contributed by atoms with Crippen LogP contribution >= 0.6 is 11.8 Å². The molecule has 1 saturated heterocycles. The number of anilines is 2. The lowest BCUT2D eigenvalue weighted by Gasteiger charge is -2.36. The highest BCUT2D eigenvalue weighted by atomic mass is 32.2. The largest absolute Gasteiger partial charge is 0.368 e. The first kappa shape index (κ1) is 14.4. The van der Waals surface area contributed by atoms with Crippen molar-refractivity contribution in [2.45, 2.75) is 19.2 Å². The van der Waals surface area contributed by atoms with Crippen LogP contribution in [-0.4, -0.2) is 47.6 Å². The van der Waals surface area contributed by atoms with Crippen LogP contribution in [0, 0.1) is 6.92 Å². The molecule has 8 heteroatoms. The molecular formula is C11H18N4O2S2. The summed E-state index contributed by atoms with van der Waals surface area (Å²) >= 11 is 1.66. The first-order valence-electron chi connectivity index (χ1n) is 6.10. The fourth-order valence-electron chi connectivity index (χ4n) is 2.05. The molecule has 1 atom stereocenters. The fourth-order valence-corrected chi connectivity index (χ4v) is 5.02. The third kappa shape index (κ3) is 2.94. The topological polar surface area (TPSA) is 89.2 Å². The van der Waals surface area contributed by atoms with Gasteiger partial charge < -0.3 is 10.6 Å². The maximum atomic E-state index is 12.2. The second kappa shape index (κ2) is 5.54. The Morgan fingerprint density at radius 3 is 3.00 bits per heavy atom. The van der Waals surface area contributed by atoms with E-state index in [9.17, 15) is 8.42 Å². The summed E-state index contributed by atoms with van der Waals surface area (Å²) < 4.78 is 24.4. The normalized spacial score (nSPS) is 20.5. The van der Waals surface area contributed by atoms with Crippen LogP contribution in [0.5, 0.6) is 0 Å². The lowest BCUT2D eigenvalue weighted by Crippen LogP contribution is -2.48. The molecule has 1 fully saturated rings. The second-order valence-electron chi connectivity index (χ2n) is 4.41. The third-order valence-corrected chi connectivity index (χ3v) is 6.43. The van der Waals surface area contributed by atoms with E-state index in [2.05, 4.69) is 9.97 Å². The van der Waals surface area contributed by atoms with Crippen molar-refractivity contribution in [1.29, 1.82) is 0 Å². The summed E-state index contributed by atoms with van der Waals surface area (Å²) in [5.41, 5.74) is 6.46. The molecule has 106 valence electrons. The molecular weight excluding hydrogens is 284 g/mol. The molecule has 2 heterocycles. The Balaban J connectivity index is 2.42. The molecule has 1 aliphatic rings. The van der Waals surface area contributed by atoms with E-state index in [0.29, 0.717) is 18.1 Å². The van der Waals surface area contributed by atoms with Crippen LogP contribution in [0.3, 0.4) is 0 Å². The van der Waals surface area contributed by atoms with Gasteiger partial charge in [-0.3, -0.25) is 0 Å². The average molecular weight is 302 g/mol. The standard InChI is InChI=1S/C11H18N4O2S2/c1-3-19(16,17)9-7-18-5-4-15(9)10-8(2)6-13-11(12)14-10/h6,9H,3-5,7H2,1-2H3,(H2,12,13,14). The molecule has 0 bridgehead atoms. The predicted molar refractivity (Wildman–Crippen MR) is 79.1 cm³/mol. The van der Waals surface area contributed by atoms with Gasteiger partial charge in [0.25, 0.3) is 0 Å². The quantitative estimate of drug-likeness (QED) is 0.878. The molecule has 1 aromatic rings. The van der Waals surface area contributed by atoms with Gasteiger partial charge in [-0.05, 0) is 6.92 Å². The third-order valence-electron chi connectivity index (χ3n) is 3.14. The maximum absolute atomic E-state index is 12.2. The van der Waals surface area contributed by atoms with Gasteiger partial charge >= 0.3 is 0 Å². The van der Waals surface area contributed by atoms with E-state index in [1.807, 2.05) is 11.8 Å². The minimum atomic E-state index is -3.14. The van der Waals surface area contributed by atoms with Crippen LogP contribution in [0.2, 0.25) is 0 Å². The molecule has 1 unspecified atom stereocenters. The molecule has 1 aromatic heterocycles. The molecule has 0 aromatic carbocycles. The van der Waals surface area contributed by atoms with Crippen molar-refractivity contribution >= 4 is 33.4 Å². The van der Waals surface area contributed by atoms with Gasteiger partial charge in [0.05, 0.1) is 0 Å². The highest BCUT2D eigenvalue weighted by Crippen LogP contribution is 2.28. The molecule has 2 N–H and O–H groups in total. The van der Waals surface area contributed by atoms with E-state index in [1.54, 1.807) is 24.9 Å². The summed E-state index contributed by atoms with van der Waals surface area (Å²) in [5.74, 6) is 2.40. The lowest BCUT2D eigenvalue weighted by atomic mass is 10.3. The van der Waals surface area contributed by atoms with Gasteiger partial charge in [-0.25, -0.2) is 13.4 Å². The second-order valence-corrected chi connectivity index (χ2v) is 8.01.